The molecule has 2 aliphatic rings. The second-order valence-electron chi connectivity index (χ2n) is 7.42. The quantitative estimate of drug-likeness (QED) is 0.733. The molecule has 0 spiro atoms. The van der Waals surface area contributed by atoms with Crippen molar-refractivity contribution in [3.05, 3.63) is 29.3 Å². The van der Waals surface area contributed by atoms with Gasteiger partial charge in [-0.2, -0.15) is 0 Å². The molecule has 0 saturated heterocycles. The van der Waals surface area contributed by atoms with Crippen LogP contribution in [0.25, 0.3) is 0 Å². The van der Waals surface area contributed by atoms with Gasteiger partial charge in [-0.3, -0.25) is 0 Å². The number of nitrogens with one attached hydrogen (secondary N) is 2. The number of fused-ring (bicyclic) bond motifs is 1. The molecule has 0 bridgehead atoms. The van der Waals surface area contributed by atoms with Gasteiger partial charge < -0.3 is 20.5 Å². The van der Waals surface area contributed by atoms with E-state index in [-0.39, 0.29) is 18.6 Å². The van der Waals surface area contributed by atoms with Gasteiger partial charge in [-0.05, 0) is 55.4 Å². The Hall–Kier alpha value is -1.75. The number of hydrogen-bond acceptors (Lipinski definition) is 3. The standard InChI is InChI=1S/C20H30N2O3/c1-25-17-10-11-18-15(13-17)7-6-12-20(18,24)14-21-19(23)22-16-8-4-2-3-5-9-16/h10-11,13,16,24H,2-9,12,14H2,1H3,(H2,21,22,23). The number of ether oxygens (including phenoxy) is 1. The smallest absolute Gasteiger partial charge is 0.315 e. The monoisotopic (exact) mass is 346 g/mol. The van der Waals surface area contributed by atoms with E-state index < -0.39 is 5.60 Å². The van der Waals surface area contributed by atoms with E-state index >= 15 is 0 Å². The van der Waals surface area contributed by atoms with Gasteiger partial charge >= 0.3 is 6.03 Å². The lowest BCUT2D eigenvalue weighted by Gasteiger charge is -2.35. The first kappa shape index (κ1) is 18.1. The third-order valence-electron chi connectivity index (χ3n) is 5.58. The SMILES string of the molecule is COc1ccc2c(c1)CCCC2(O)CNC(=O)NC1CCCCCC1. The van der Waals surface area contributed by atoms with Gasteiger partial charge in [0.1, 0.15) is 11.4 Å². The van der Waals surface area contributed by atoms with Gasteiger partial charge in [0.05, 0.1) is 13.7 Å². The molecule has 5 heteroatoms. The first-order valence-corrected chi connectivity index (χ1v) is 9.55. The number of aliphatic hydroxyl groups is 1. The summed E-state index contributed by atoms with van der Waals surface area (Å²) in [6.07, 6.45) is 9.51. The number of carbonyl (C=O) groups excluding carboxylic acids is 1. The van der Waals surface area contributed by atoms with Crippen LogP contribution < -0.4 is 15.4 Å². The molecule has 1 fully saturated rings. The molecule has 1 saturated carbocycles. The first-order valence-electron chi connectivity index (χ1n) is 9.55. The van der Waals surface area contributed by atoms with E-state index in [4.69, 9.17) is 4.74 Å². The molecule has 138 valence electrons. The van der Waals surface area contributed by atoms with Crippen molar-refractivity contribution in [3.8, 4) is 5.75 Å². The van der Waals surface area contributed by atoms with E-state index in [0.717, 1.165) is 42.6 Å². The number of carbonyl (C=O) groups is 1. The Balaban J connectivity index is 1.60. The molecule has 3 N–H and O–H groups in total. The average Bonchev–Trinajstić information content (AvgIpc) is 2.88. The van der Waals surface area contributed by atoms with Gasteiger partial charge in [-0.15, -0.1) is 0 Å². The molecule has 1 unspecified atom stereocenters. The highest BCUT2D eigenvalue weighted by Crippen LogP contribution is 2.36. The molecule has 1 aromatic rings. The maximum absolute atomic E-state index is 12.3. The summed E-state index contributed by atoms with van der Waals surface area (Å²) in [6, 6.07) is 5.89. The summed E-state index contributed by atoms with van der Waals surface area (Å²) < 4.78 is 5.28. The molecule has 3 rings (SSSR count). The number of aryl methyl sites for hydroxylation is 1. The van der Waals surface area contributed by atoms with Crippen molar-refractivity contribution in [2.24, 2.45) is 0 Å². The van der Waals surface area contributed by atoms with Crippen molar-refractivity contribution in [2.45, 2.75) is 69.4 Å². The summed E-state index contributed by atoms with van der Waals surface area (Å²) >= 11 is 0. The van der Waals surface area contributed by atoms with Crippen LogP contribution in [-0.2, 0) is 12.0 Å². The van der Waals surface area contributed by atoms with E-state index in [1.54, 1.807) is 7.11 Å². The molecular formula is C20H30N2O3. The summed E-state index contributed by atoms with van der Waals surface area (Å²) in [5.41, 5.74) is 1.02. The van der Waals surface area contributed by atoms with Crippen LogP contribution in [0.15, 0.2) is 18.2 Å². The third kappa shape index (κ3) is 4.46. The van der Waals surface area contributed by atoms with Gasteiger partial charge in [0.15, 0.2) is 0 Å². The fraction of sp³-hybridized carbons (Fsp3) is 0.650. The van der Waals surface area contributed by atoms with Crippen molar-refractivity contribution >= 4 is 6.03 Å². The summed E-state index contributed by atoms with van der Waals surface area (Å²) in [6.45, 7) is 0.241. The van der Waals surface area contributed by atoms with Crippen LogP contribution in [0, 0.1) is 0 Å². The third-order valence-corrected chi connectivity index (χ3v) is 5.58. The van der Waals surface area contributed by atoms with Gasteiger partial charge in [-0.1, -0.05) is 31.7 Å². The van der Waals surface area contributed by atoms with Crippen molar-refractivity contribution in [1.29, 1.82) is 0 Å². The summed E-state index contributed by atoms with van der Waals surface area (Å²) in [5, 5.41) is 17.1. The molecule has 1 atom stereocenters. The molecular weight excluding hydrogens is 316 g/mol. The molecule has 0 aromatic heterocycles. The lowest BCUT2D eigenvalue weighted by Crippen LogP contribution is -2.48. The Morgan fingerprint density at radius 3 is 2.72 bits per heavy atom. The second-order valence-corrected chi connectivity index (χ2v) is 7.42. The lowest BCUT2D eigenvalue weighted by molar-refractivity contribution is 0.0215. The second kappa shape index (κ2) is 8.09. The molecule has 25 heavy (non-hydrogen) atoms. The Labute approximate surface area is 150 Å². The van der Waals surface area contributed by atoms with E-state index in [1.165, 1.54) is 25.7 Å². The highest BCUT2D eigenvalue weighted by atomic mass is 16.5. The van der Waals surface area contributed by atoms with Crippen LogP contribution in [0.4, 0.5) is 4.79 Å². The summed E-state index contributed by atoms with van der Waals surface area (Å²) in [7, 11) is 1.65. The highest BCUT2D eigenvalue weighted by molar-refractivity contribution is 5.74. The minimum absolute atomic E-state index is 0.166. The predicted octanol–water partition coefficient (Wildman–Crippen LogP) is 3.24. The Morgan fingerprint density at radius 1 is 1.24 bits per heavy atom. The molecule has 0 radical (unpaired) electrons. The normalized spacial score (nSPS) is 24.1. The Morgan fingerprint density at radius 2 is 2.00 bits per heavy atom. The van der Waals surface area contributed by atoms with Crippen molar-refractivity contribution < 1.29 is 14.6 Å². The van der Waals surface area contributed by atoms with Crippen LogP contribution in [0.5, 0.6) is 5.75 Å². The fourth-order valence-corrected chi connectivity index (χ4v) is 4.13. The van der Waals surface area contributed by atoms with Crippen molar-refractivity contribution in [3.63, 3.8) is 0 Å². The molecule has 0 aliphatic heterocycles. The van der Waals surface area contributed by atoms with Gasteiger partial charge in [0.2, 0.25) is 0 Å². The largest absolute Gasteiger partial charge is 0.497 e. The fourth-order valence-electron chi connectivity index (χ4n) is 4.13. The maximum Gasteiger partial charge on any atom is 0.315 e. The zero-order chi connectivity index (χ0) is 17.7. The number of urea groups is 1. The minimum atomic E-state index is -0.999. The minimum Gasteiger partial charge on any atom is -0.497 e. The topological polar surface area (TPSA) is 70.6 Å². The van der Waals surface area contributed by atoms with Crippen LogP contribution in [-0.4, -0.2) is 30.8 Å². The number of hydrogen-bond donors (Lipinski definition) is 3. The number of methoxy groups -OCH3 is 1. The Bertz CT molecular complexity index is 597. The highest BCUT2D eigenvalue weighted by Gasteiger charge is 2.35. The predicted molar refractivity (Wildman–Crippen MR) is 97.9 cm³/mol. The summed E-state index contributed by atoms with van der Waals surface area (Å²) in [4.78, 5) is 12.3. The van der Waals surface area contributed by atoms with Gasteiger partial charge in [0, 0.05) is 6.04 Å². The molecule has 1 aromatic carbocycles. The molecule has 0 heterocycles. The van der Waals surface area contributed by atoms with Crippen molar-refractivity contribution in [2.75, 3.05) is 13.7 Å². The van der Waals surface area contributed by atoms with Crippen LogP contribution in [0.3, 0.4) is 0 Å². The van der Waals surface area contributed by atoms with Crippen LogP contribution >= 0.6 is 0 Å². The molecule has 2 amide bonds. The average molecular weight is 346 g/mol. The van der Waals surface area contributed by atoms with E-state index in [1.807, 2.05) is 18.2 Å². The van der Waals surface area contributed by atoms with E-state index in [0.29, 0.717) is 6.42 Å². The molecule has 5 nitrogen and oxygen atoms in total. The maximum atomic E-state index is 12.3. The van der Waals surface area contributed by atoms with Crippen molar-refractivity contribution in [1.82, 2.24) is 10.6 Å². The number of rotatable bonds is 4. The van der Waals surface area contributed by atoms with Crippen LogP contribution in [0.2, 0.25) is 0 Å². The van der Waals surface area contributed by atoms with Gasteiger partial charge in [-0.25, -0.2) is 4.79 Å². The first-order chi connectivity index (χ1) is 12.1. The Kier molecular flexibility index (Phi) is 5.84. The van der Waals surface area contributed by atoms with E-state index in [9.17, 15) is 9.90 Å². The van der Waals surface area contributed by atoms with E-state index in [2.05, 4.69) is 10.6 Å². The number of benzene rings is 1. The zero-order valence-corrected chi connectivity index (χ0v) is 15.1. The zero-order valence-electron chi connectivity index (χ0n) is 15.1. The van der Waals surface area contributed by atoms with Crippen LogP contribution in [0.1, 0.15) is 62.5 Å². The van der Waals surface area contributed by atoms with Gasteiger partial charge in [0.25, 0.3) is 0 Å². The lowest BCUT2D eigenvalue weighted by atomic mass is 9.79. The summed E-state index contributed by atoms with van der Waals surface area (Å²) in [5.74, 6) is 0.807. The number of amides is 2. The molecule has 2 aliphatic carbocycles.